The summed E-state index contributed by atoms with van der Waals surface area (Å²) in [6, 6.07) is 5.21. The SMILES string of the molecule is CN(CCc1cnn(C)c1)C(=O)c1cc(NC(=O)CCc2ccncc2)c(F)cc1F. The summed E-state index contributed by atoms with van der Waals surface area (Å²) in [5.74, 6) is -2.96. The number of halogens is 2. The lowest BCUT2D eigenvalue weighted by Crippen LogP contribution is -2.29. The number of aromatic nitrogens is 3. The number of carbonyl (C=O) groups excluding carboxylic acids is 2. The molecule has 2 heterocycles. The summed E-state index contributed by atoms with van der Waals surface area (Å²) in [7, 11) is 3.33. The van der Waals surface area contributed by atoms with Crippen LogP contribution in [0, 0.1) is 11.6 Å². The van der Waals surface area contributed by atoms with Gasteiger partial charge in [0.2, 0.25) is 5.91 Å². The van der Waals surface area contributed by atoms with Gasteiger partial charge in [-0.3, -0.25) is 19.3 Å². The van der Waals surface area contributed by atoms with E-state index in [1.165, 1.54) is 11.9 Å². The molecule has 2 amide bonds. The molecule has 0 saturated heterocycles. The minimum Gasteiger partial charge on any atom is -0.341 e. The van der Waals surface area contributed by atoms with Crippen LogP contribution in [0.4, 0.5) is 14.5 Å². The summed E-state index contributed by atoms with van der Waals surface area (Å²) in [5.41, 5.74) is 1.31. The number of rotatable bonds is 8. The van der Waals surface area contributed by atoms with Gasteiger partial charge in [-0.1, -0.05) is 0 Å². The highest BCUT2D eigenvalue weighted by molar-refractivity contribution is 5.97. The van der Waals surface area contributed by atoms with Crippen LogP contribution in [0.3, 0.4) is 0 Å². The van der Waals surface area contributed by atoms with Gasteiger partial charge in [-0.15, -0.1) is 0 Å². The zero-order valence-corrected chi connectivity index (χ0v) is 17.3. The van der Waals surface area contributed by atoms with E-state index >= 15 is 0 Å². The summed E-state index contributed by atoms with van der Waals surface area (Å²) in [5, 5.41) is 6.49. The van der Waals surface area contributed by atoms with Gasteiger partial charge < -0.3 is 10.2 Å². The lowest BCUT2D eigenvalue weighted by atomic mass is 10.1. The summed E-state index contributed by atoms with van der Waals surface area (Å²) in [4.78, 5) is 30.1. The van der Waals surface area contributed by atoms with Crippen molar-refractivity contribution in [2.24, 2.45) is 7.05 Å². The van der Waals surface area contributed by atoms with E-state index in [0.717, 1.165) is 17.2 Å². The van der Waals surface area contributed by atoms with Crippen LogP contribution in [0.25, 0.3) is 0 Å². The minimum atomic E-state index is -0.981. The largest absolute Gasteiger partial charge is 0.341 e. The van der Waals surface area contributed by atoms with Gasteiger partial charge >= 0.3 is 0 Å². The van der Waals surface area contributed by atoms with Crippen molar-refractivity contribution < 1.29 is 18.4 Å². The van der Waals surface area contributed by atoms with Gasteiger partial charge in [0, 0.05) is 51.7 Å². The molecule has 1 aromatic carbocycles. The Morgan fingerprint density at radius 3 is 2.52 bits per heavy atom. The van der Waals surface area contributed by atoms with Crippen LogP contribution in [0.5, 0.6) is 0 Å². The van der Waals surface area contributed by atoms with E-state index in [9.17, 15) is 18.4 Å². The molecule has 0 unspecified atom stereocenters. The number of carbonyl (C=O) groups is 2. The lowest BCUT2D eigenvalue weighted by molar-refractivity contribution is -0.116. The maximum absolute atomic E-state index is 14.3. The fourth-order valence-electron chi connectivity index (χ4n) is 3.03. The van der Waals surface area contributed by atoms with Crippen molar-refractivity contribution >= 4 is 17.5 Å². The second-order valence-electron chi connectivity index (χ2n) is 7.21. The topological polar surface area (TPSA) is 80.1 Å². The molecule has 0 aliphatic carbocycles. The molecule has 0 atom stereocenters. The molecule has 0 saturated carbocycles. The van der Waals surface area contributed by atoms with Crippen molar-refractivity contribution in [1.29, 1.82) is 0 Å². The molecule has 3 aromatic rings. The molecule has 0 aliphatic rings. The van der Waals surface area contributed by atoms with E-state index in [4.69, 9.17) is 0 Å². The van der Waals surface area contributed by atoms with Crippen LogP contribution >= 0.6 is 0 Å². The first-order valence-electron chi connectivity index (χ1n) is 9.74. The molecule has 31 heavy (non-hydrogen) atoms. The Bertz CT molecular complexity index is 1070. The molecule has 0 bridgehead atoms. The number of amides is 2. The summed E-state index contributed by atoms with van der Waals surface area (Å²) in [6.07, 6.45) is 7.85. The van der Waals surface area contributed by atoms with Crippen LogP contribution in [0.1, 0.15) is 27.9 Å². The Balaban J connectivity index is 1.64. The molecule has 0 spiro atoms. The Morgan fingerprint density at radius 1 is 1.10 bits per heavy atom. The number of likely N-dealkylation sites (N-methyl/N-ethyl adjacent to an activating group) is 1. The number of anilines is 1. The third-order valence-corrected chi connectivity index (χ3v) is 4.79. The van der Waals surface area contributed by atoms with Gasteiger partial charge in [-0.2, -0.15) is 5.10 Å². The van der Waals surface area contributed by atoms with Crippen LogP contribution in [0.15, 0.2) is 49.1 Å². The van der Waals surface area contributed by atoms with Crippen molar-refractivity contribution in [1.82, 2.24) is 19.7 Å². The van der Waals surface area contributed by atoms with Crippen molar-refractivity contribution in [3.05, 3.63) is 77.4 Å². The fraction of sp³-hybridized carbons (Fsp3) is 0.273. The second kappa shape index (κ2) is 9.92. The Morgan fingerprint density at radius 2 is 1.84 bits per heavy atom. The van der Waals surface area contributed by atoms with E-state index in [-0.39, 0.29) is 17.7 Å². The van der Waals surface area contributed by atoms with E-state index in [2.05, 4.69) is 15.4 Å². The van der Waals surface area contributed by atoms with Crippen molar-refractivity contribution in [3.8, 4) is 0 Å². The number of benzene rings is 1. The first kappa shape index (κ1) is 22.1. The van der Waals surface area contributed by atoms with E-state index < -0.39 is 23.4 Å². The number of nitrogens with zero attached hydrogens (tertiary/aromatic N) is 4. The zero-order chi connectivity index (χ0) is 22.4. The average Bonchev–Trinajstić information content (AvgIpc) is 3.18. The average molecular weight is 427 g/mol. The van der Waals surface area contributed by atoms with E-state index in [0.29, 0.717) is 25.5 Å². The van der Waals surface area contributed by atoms with Crippen LogP contribution < -0.4 is 5.32 Å². The van der Waals surface area contributed by atoms with E-state index in [1.807, 2.05) is 6.20 Å². The first-order chi connectivity index (χ1) is 14.8. The number of aryl methyl sites for hydroxylation is 2. The molecule has 0 aliphatic heterocycles. The summed E-state index contributed by atoms with van der Waals surface area (Å²) in [6.45, 7) is 0.328. The molecule has 3 rings (SSSR count). The Labute approximate surface area is 178 Å². The molecule has 0 fully saturated rings. The zero-order valence-electron chi connectivity index (χ0n) is 17.3. The molecule has 7 nitrogen and oxygen atoms in total. The van der Waals surface area contributed by atoms with Gasteiger partial charge in [0.15, 0.2) is 0 Å². The van der Waals surface area contributed by atoms with Crippen LogP contribution in [-0.2, 0) is 24.7 Å². The molecule has 162 valence electrons. The highest BCUT2D eigenvalue weighted by Crippen LogP contribution is 2.21. The third-order valence-electron chi connectivity index (χ3n) is 4.79. The second-order valence-corrected chi connectivity index (χ2v) is 7.21. The molecule has 2 aromatic heterocycles. The number of nitrogens with one attached hydrogen (secondary N) is 1. The van der Waals surface area contributed by atoms with Gasteiger partial charge in [0.05, 0.1) is 17.4 Å². The smallest absolute Gasteiger partial charge is 0.256 e. The Kier molecular flexibility index (Phi) is 7.07. The molecule has 1 N–H and O–H groups in total. The van der Waals surface area contributed by atoms with Gasteiger partial charge in [-0.25, -0.2) is 8.78 Å². The molecule has 0 radical (unpaired) electrons. The van der Waals surface area contributed by atoms with Gasteiger partial charge in [0.25, 0.3) is 5.91 Å². The monoisotopic (exact) mass is 427 g/mol. The molecular formula is C22H23F2N5O2. The summed E-state index contributed by atoms with van der Waals surface area (Å²) >= 11 is 0. The van der Waals surface area contributed by atoms with Crippen LogP contribution in [-0.4, -0.2) is 45.1 Å². The quantitative estimate of drug-likeness (QED) is 0.599. The highest BCUT2D eigenvalue weighted by Gasteiger charge is 2.20. The fourth-order valence-corrected chi connectivity index (χ4v) is 3.03. The van der Waals surface area contributed by atoms with Crippen molar-refractivity contribution in [3.63, 3.8) is 0 Å². The minimum absolute atomic E-state index is 0.106. The third kappa shape index (κ3) is 5.94. The van der Waals surface area contributed by atoms with Gasteiger partial charge in [-0.05, 0) is 42.2 Å². The van der Waals surface area contributed by atoms with E-state index in [1.54, 1.807) is 42.5 Å². The molecule has 9 heteroatoms. The molecular weight excluding hydrogens is 404 g/mol. The predicted molar refractivity (Wildman–Crippen MR) is 111 cm³/mol. The van der Waals surface area contributed by atoms with Crippen LogP contribution in [0.2, 0.25) is 0 Å². The predicted octanol–water partition coefficient (Wildman–Crippen LogP) is 2.98. The standard InChI is InChI=1S/C22H23F2N5O2/c1-28(10-7-16-13-26-29(2)14-16)22(31)17-11-20(19(24)12-18(17)23)27-21(30)4-3-15-5-8-25-9-6-15/h5-6,8-9,11-14H,3-4,7,10H2,1-2H3,(H,27,30). The Hall–Kier alpha value is -3.62. The number of hydrogen-bond donors (Lipinski definition) is 1. The first-order valence-corrected chi connectivity index (χ1v) is 9.74. The van der Waals surface area contributed by atoms with Gasteiger partial charge in [0.1, 0.15) is 11.6 Å². The maximum Gasteiger partial charge on any atom is 0.256 e. The van der Waals surface area contributed by atoms with Crippen molar-refractivity contribution in [2.75, 3.05) is 18.9 Å². The number of hydrogen-bond acceptors (Lipinski definition) is 4. The lowest BCUT2D eigenvalue weighted by Gasteiger charge is -2.18. The maximum atomic E-state index is 14.3. The summed E-state index contributed by atoms with van der Waals surface area (Å²) < 4.78 is 30.1. The number of pyridine rings is 1. The van der Waals surface area contributed by atoms with Crippen molar-refractivity contribution in [2.45, 2.75) is 19.3 Å². The normalized spacial score (nSPS) is 10.7. The highest BCUT2D eigenvalue weighted by atomic mass is 19.1.